The molecule has 6 nitrogen and oxygen atoms in total. The van der Waals surface area contributed by atoms with Gasteiger partial charge in [0.05, 0.1) is 31.5 Å². The number of nitrogens with zero attached hydrogens (tertiary/aromatic N) is 1. The van der Waals surface area contributed by atoms with E-state index in [0.717, 1.165) is 12.1 Å². The molecule has 0 aliphatic heterocycles. The Morgan fingerprint density at radius 2 is 1.93 bits per heavy atom. The second-order valence-electron chi connectivity index (χ2n) is 6.31. The van der Waals surface area contributed by atoms with Crippen LogP contribution in [0.15, 0.2) is 53.1 Å². The average Bonchev–Trinajstić information content (AvgIpc) is 3.20. The van der Waals surface area contributed by atoms with Gasteiger partial charge in [-0.15, -0.1) is 0 Å². The summed E-state index contributed by atoms with van der Waals surface area (Å²) < 4.78 is 54.5. The number of aromatic nitrogens is 1. The molecule has 158 valence electrons. The van der Waals surface area contributed by atoms with E-state index in [9.17, 15) is 18.0 Å². The van der Waals surface area contributed by atoms with Crippen molar-refractivity contribution in [1.29, 1.82) is 0 Å². The number of alkyl halides is 3. The lowest BCUT2D eigenvalue weighted by molar-refractivity contribution is -0.137. The number of amides is 1. The highest BCUT2D eigenvalue weighted by molar-refractivity contribution is 5.90. The first-order valence-corrected chi connectivity index (χ1v) is 8.94. The summed E-state index contributed by atoms with van der Waals surface area (Å²) in [5, 5.41) is 2.45. The van der Waals surface area contributed by atoms with Gasteiger partial charge in [-0.05, 0) is 30.3 Å². The SMILES string of the molecule is COc1ccc(-c2cnc(CCC(=O)Nc3cccc(C(F)(F)F)c3)o2)c(OC)c1. The third kappa shape index (κ3) is 5.11. The van der Waals surface area contributed by atoms with E-state index in [-0.39, 0.29) is 18.5 Å². The minimum atomic E-state index is -4.47. The van der Waals surface area contributed by atoms with Crippen LogP contribution in [-0.2, 0) is 17.4 Å². The molecule has 30 heavy (non-hydrogen) atoms. The Bertz CT molecular complexity index is 1030. The van der Waals surface area contributed by atoms with E-state index in [1.807, 2.05) is 0 Å². The summed E-state index contributed by atoms with van der Waals surface area (Å²) in [6, 6.07) is 9.69. The molecule has 0 radical (unpaired) electrons. The summed E-state index contributed by atoms with van der Waals surface area (Å²) >= 11 is 0. The fraction of sp³-hybridized carbons (Fsp3) is 0.238. The molecule has 1 amide bonds. The van der Waals surface area contributed by atoms with Crippen molar-refractivity contribution < 1.29 is 31.9 Å². The molecular weight excluding hydrogens is 401 g/mol. The van der Waals surface area contributed by atoms with E-state index >= 15 is 0 Å². The lowest BCUT2D eigenvalue weighted by Crippen LogP contribution is -2.13. The summed E-state index contributed by atoms with van der Waals surface area (Å²) in [7, 11) is 3.07. The van der Waals surface area contributed by atoms with Gasteiger partial charge in [-0.1, -0.05) is 6.07 Å². The van der Waals surface area contributed by atoms with Crippen molar-refractivity contribution in [2.75, 3.05) is 19.5 Å². The van der Waals surface area contributed by atoms with Crippen LogP contribution in [0.4, 0.5) is 18.9 Å². The second-order valence-corrected chi connectivity index (χ2v) is 6.31. The van der Waals surface area contributed by atoms with Crippen LogP contribution in [0, 0.1) is 0 Å². The van der Waals surface area contributed by atoms with Crippen LogP contribution >= 0.6 is 0 Å². The zero-order valence-corrected chi connectivity index (χ0v) is 16.2. The minimum absolute atomic E-state index is 0.00402. The minimum Gasteiger partial charge on any atom is -0.497 e. The maximum atomic E-state index is 12.8. The highest BCUT2D eigenvalue weighted by Gasteiger charge is 2.30. The van der Waals surface area contributed by atoms with Crippen LogP contribution in [-0.4, -0.2) is 25.1 Å². The molecule has 0 atom stereocenters. The van der Waals surface area contributed by atoms with Gasteiger partial charge >= 0.3 is 6.18 Å². The number of ether oxygens (including phenoxy) is 2. The molecule has 0 saturated carbocycles. The third-order valence-corrected chi connectivity index (χ3v) is 4.27. The van der Waals surface area contributed by atoms with Gasteiger partial charge in [-0.25, -0.2) is 4.98 Å². The van der Waals surface area contributed by atoms with E-state index in [4.69, 9.17) is 13.9 Å². The maximum absolute atomic E-state index is 12.8. The molecule has 1 N–H and O–H groups in total. The number of hydrogen-bond acceptors (Lipinski definition) is 5. The molecule has 0 aliphatic rings. The van der Waals surface area contributed by atoms with Gasteiger partial charge in [-0.3, -0.25) is 4.79 Å². The summed E-state index contributed by atoms with van der Waals surface area (Å²) in [4.78, 5) is 16.3. The molecule has 0 spiro atoms. The Labute approximate surface area is 170 Å². The van der Waals surface area contributed by atoms with Crippen LogP contribution < -0.4 is 14.8 Å². The fourth-order valence-electron chi connectivity index (χ4n) is 2.77. The quantitative estimate of drug-likeness (QED) is 0.586. The average molecular weight is 420 g/mol. The first-order valence-electron chi connectivity index (χ1n) is 8.94. The number of oxazole rings is 1. The van der Waals surface area contributed by atoms with Crippen LogP contribution in [0.1, 0.15) is 17.9 Å². The highest BCUT2D eigenvalue weighted by atomic mass is 19.4. The summed E-state index contributed by atoms with van der Waals surface area (Å²) in [6.07, 6.45) is -2.78. The van der Waals surface area contributed by atoms with E-state index in [2.05, 4.69) is 10.3 Å². The van der Waals surface area contributed by atoms with Crippen molar-refractivity contribution in [3.05, 3.63) is 60.1 Å². The van der Waals surface area contributed by atoms with Crippen molar-refractivity contribution in [2.45, 2.75) is 19.0 Å². The monoisotopic (exact) mass is 420 g/mol. The Hall–Kier alpha value is -3.49. The topological polar surface area (TPSA) is 73.6 Å². The number of halogens is 3. The number of carbonyl (C=O) groups excluding carboxylic acids is 1. The number of aryl methyl sites for hydroxylation is 1. The molecule has 0 saturated heterocycles. The lowest BCUT2D eigenvalue weighted by atomic mass is 10.1. The fourth-order valence-corrected chi connectivity index (χ4v) is 2.77. The van der Waals surface area contributed by atoms with Gasteiger partial charge in [-0.2, -0.15) is 13.2 Å². The standard InChI is InChI=1S/C21H19F3N2O4/c1-28-15-6-7-16(17(11-15)29-2)18-12-25-20(30-18)9-8-19(27)26-14-5-3-4-13(10-14)21(22,23)24/h3-7,10-12H,8-9H2,1-2H3,(H,26,27). The van der Waals surface area contributed by atoms with Crippen molar-refractivity contribution in [1.82, 2.24) is 4.98 Å². The van der Waals surface area contributed by atoms with Crippen molar-refractivity contribution in [3.63, 3.8) is 0 Å². The van der Waals surface area contributed by atoms with Gasteiger partial charge in [0.2, 0.25) is 5.91 Å². The second kappa shape index (κ2) is 8.89. The van der Waals surface area contributed by atoms with E-state index < -0.39 is 17.6 Å². The Balaban J connectivity index is 1.63. The number of benzene rings is 2. The van der Waals surface area contributed by atoms with Gasteiger partial charge < -0.3 is 19.2 Å². The molecule has 0 aliphatic carbocycles. The predicted octanol–water partition coefficient (Wildman–Crippen LogP) is 4.95. The van der Waals surface area contributed by atoms with Crippen LogP contribution in [0.5, 0.6) is 11.5 Å². The van der Waals surface area contributed by atoms with Crippen molar-refractivity contribution >= 4 is 11.6 Å². The number of methoxy groups -OCH3 is 2. The summed E-state index contributed by atoms with van der Waals surface area (Å²) in [5.74, 6) is 1.50. The summed E-state index contributed by atoms with van der Waals surface area (Å²) in [6.45, 7) is 0. The molecule has 0 bridgehead atoms. The van der Waals surface area contributed by atoms with Crippen LogP contribution in [0.3, 0.4) is 0 Å². The molecule has 3 rings (SSSR count). The molecule has 0 fully saturated rings. The number of carbonyl (C=O) groups is 1. The Morgan fingerprint density at radius 3 is 2.63 bits per heavy atom. The molecule has 3 aromatic rings. The van der Waals surface area contributed by atoms with E-state index in [0.29, 0.717) is 28.7 Å². The molecule has 2 aromatic carbocycles. The molecule has 1 aromatic heterocycles. The van der Waals surface area contributed by atoms with Gasteiger partial charge in [0, 0.05) is 24.6 Å². The summed E-state index contributed by atoms with van der Waals surface area (Å²) in [5.41, 5.74) is -0.0811. The molecule has 0 unspecified atom stereocenters. The first kappa shape index (κ1) is 21.2. The smallest absolute Gasteiger partial charge is 0.416 e. The van der Waals surface area contributed by atoms with Gasteiger partial charge in [0.15, 0.2) is 11.7 Å². The predicted molar refractivity (Wildman–Crippen MR) is 103 cm³/mol. The number of nitrogens with one attached hydrogen (secondary N) is 1. The van der Waals surface area contributed by atoms with Crippen molar-refractivity contribution in [2.24, 2.45) is 0 Å². The van der Waals surface area contributed by atoms with E-state index in [1.165, 1.54) is 25.4 Å². The lowest BCUT2D eigenvalue weighted by Gasteiger charge is -2.09. The van der Waals surface area contributed by atoms with Crippen LogP contribution in [0.25, 0.3) is 11.3 Å². The first-order chi connectivity index (χ1) is 14.3. The Morgan fingerprint density at radius 1 is 1.13 bits per heavy atom. The van der Waals surface area contributed by atoms with Crippen molar-refractivity contribution in [3.8, 4) is 22.8 Å². The Kier molecular flexibility index (Phi) is 6.29. The normalized spacial score (nSPS) is 11.2. The number of rotatable bonds is 7. The third-order valence-electron chi connectivity index (χ3n) is 4.27. The maximum Gasteiger partial charge on any atom is 0.416 e. The largest absolute Gasteiger partial charge is 0.497 e. The molecular formula is C21H19F3N2O4. The van der Waals surface area contributed by atoms with Gasteiger partial charge in [0.25, 0.3) is 0 Å². The van der Waals surface area contributed by atoms with Gasteiger partial charge in [0.1, 0.15) is 11.5 Å². The highest BCUT2D eigenvalue weighted by Crippen LogP contribution is 2.34. The van der Waals surface area contributed by atoms with Crippen LogP contribution in [0.2, 0.25) is 0 Å². The molecule has 1 heterocycles. The number of hydrogen-bond donors (Lipinski definition) is 1. The van der Waals surface area contributed by atoms with E-state index in [1.54, 1.807) is 25.3 Å². The zero-order valence-electron chi connectivity index (χ0n) is 16.2. The number of anilines is 1. The zero-order chi connectivity index (χ0) is 21.7. The molecule has 9 heteroatoms.